The first kappa shape index (κ1) is 12.9. The number of nitrogens with one attached hydrogen (secondary N) is 1. The zero-order valence-electron chi connectivity index (χ0n) is 10.8. The molecule has 0 aromatic heterocycles. The molecule has 0 aromatic rings. The summed E-state index contributed by atoms with van der Waals surface area (Å²) >= 11 is 0. The highest BCUT2D eigenvalue weighted by Gasteiger charge is 2.34. The molecule has 3 nitrogen and oxygen atoms in total. The Hall–Kier alpha value is -0.570. The number of primary amides is 1. The molecule has 3 heteroatoms. The topological polar surface area (TPSA) is 55.1 Å². The Morgan fingerprint density at radius 3 is 2.65 bits per heavy atom. The summed E-state index contributed by atoms with van der Waals surface area (Å²) in [5.74, 6) is 1.90. The molecule has 2 unspecified atom stereocenters. The number of rotatable bonds is 7. The van der Waals surface area contributed by atoms with Crippen LogP contribution in [0.1, 0.15) is 57.8 Å². The molecular formula is C14H26N2O. The van der Waals surface area contributed by atoms with Crippen molar-refractivity contribution in [2.45, 2.75) is 63.8 Å². The zero-order valence-corrected chi connectivity index (χ0v) is 10.8. The minimum absolute atomic E-state index is 0.170. The minimum Gasteiger partial charge on any atom is -0.370 e. The molecule has 2 atom stereocenters. The van der Waals surface area contributed by atoms with E-state index >= 15 is 0 Å². The van der Waals surface area contributed by atoms with Gasteiger partial charge < -0.3 is 11.1 Å². The number of amides is 1. The summed E-state index contributed by atoms with van der Waals surface area (Å²) < 4.78 is 0. The molecule has 2 rings (SSSR count). The predicted molar refractivity (Wildman–Crippen MR) is 69.5 cm³/mol. The summed E-state index contributed by atoms with van der Waals surface area (Å²) in [6.45, 7) is 1.05. The van der Waals surface area contributed by atoms with Crippen LogP contribution in [0.15, 0.2) is 0 Å². The molecule has 0 aliphatic heterocycles. The second-order valence-corrected chi connectivity index (χ2v) is 5.84. The molecule has 98 valence electrons. The highest BCUT2D eigenvalue weighted by molar-refractivity contribution is 5.73. The van der Waals surface area contributed by atoms with Crippen LogP contribution < -0.4 is 11.1 Å². The Labute approximate surface area is 105 Å². The van der Waals surface area contributed by atoms with Gasteiger partial charge in [-0.3, -0.25) is 4.79 Å². The van der Waals surface area contributed by atoms with Crippen LogP contribution in [0.4, 0.5) is 0 Å². The number of hydrogen-bond acceptors (Lipinski definition) is 2. The van der Waals surface area contributed by atoms with Gasteiger partial charge in [0.25, 0.3) is 0 Å². The smallest absolute Gasteiger partial charge is 0.217 e. The fourth-order valence-electron chi connectivity index (χ4n) is 3.14. The van der Waals surface area contributed by atoms with Crippen LogP contribution in [0.25, 0.3) is 0 Å². The molecule has 0 saturated heterocycles. The lowest BCUT2D eigenvalue weighted by Crippen LogP contribution is -2.35. The highest BCUT2D eigenvalue weighted by atomic mass is 16.1. The maximum absolute atomic E-state index is 10.6. The third-order valence-corrected chi connectivity index (χ3v) is 4.29. The van der Waals surface area contributed by atoms with Crippen molar-refractivity contribution in [2.24, 2.45) is 17.6 Å². The Bertz CT molecular complexity index is 251. The Kier molecular flexibility index (Phi) is 4.84. The summed E-state index contributed by atoms with van der Waals surface area (Å²) in [5.41, 5.74) is 5.12. The van der Waals surface area contributed by atoms with Crippen LogP contribution in [0.3, 0.4) is 0 Å². The van der Waals surface area contributed by atoms with Crippen LogP contribution in [-0.2, 0) is 4.79 Å². The minimum atomic E-state index is -0.170. The molecule has 2 saturated carbocycles. The third-order valence-electron chi connectivity index (χ3n) is 4.29. The van der Waals surface area contributed by atoms with Crippen molar-refractivity contribution >= 4 is 5.91 Å². The van der Waals surface area contributed by atoms with Crippen molar-refractivity contribution in [3.63, 3.8) is 0 Å². The molecule has 0 heterocycles. The van der Waals surface area contributed by atoms with E-state index in [0.29, 0.717) is 6.42 Å². The van der Waals surface area contributed by atoms with Crippen LogP contribution in [0.2, 0.25) is 0 Å². The average molecular weight is 238 g/mol. The Morgan fingerprint density at radius 1 is 1.12 bits per heavy atom. The number of carbonyl (C=O) groups excluding carboxylic acids is 1. The third kappa shape index (κ3) is 4.66. The molecule has 17 heavy (non-hydrogen) atoms. The fraction of sp³-hybridized carbons (Fsp3) is 0.929. The van der Waals surface area contributed by atoms with Gasteiger partial charge in [0.2, 0.25) is 5.91 Å². The monoisotopic (exact) mass is 238 g/mol. The van der Waals surface area contributed by atoms with Gasteiger partial charge in [-0.25, -0.2) is 0 Å². The van der Waals surface area contributed by atoms with Crippen molar-refractivity contribution < 1.29 is 4.79 Å². The fourth-order valence-corrected chi connectivity index (χ4v) is 3.14. The van der Waals surface area contributed by atoms with Gasteiger partial charge in [-0.15, -0.1) is 0 Å². The number of carbonyl (C=O) groups is 1. The van der Waals surface area contributed by atoms with Crippen molar-refractivity contribution in [3.8, 4) is 0 Å². The molecule has 3 N–H and O–H groups in total. The van der Waals surface area contributed by atoms with E-state index in [9.17, 15) is 4.79 Å². The summed E-state index contributed by atoms with van der Waals surface area (Å²) in [4.78, 5) is 10.6. The predicted octanol–water partition coefficient (Wildman–Crippen LogP) is 2.20. The highest BCUT2D eigenvalue weighted by Crippen LogP contribution is 2.43. The SMILES string of the molecule is NC(=O)CCCCNC1CCCC(C2CC2)C1. The van der Waals surface area contributed by atoms with Gasteiger partial charge in [-0.2, -0.15) is 0 Å². The lowest BCUT2D eigenvalue weighted by Gasteiger charge is -2.30. The summed E-state index contributed by atoms with van der Waals surface area (Å²) in [5, 5.41) is 3.66. The first-order valence-electron chi connectivity index (χ1n) is 7.27. The lowest BCUT2D eigenvalue weighted by atomic mass is 9.82. The maximum Gasteiger partial charge on any atom is 0.217 e. The summed E-state index contributed by atoms with van der Waals surface area (Å²) in [7, 11) is 0. The first-order chi connectivity index (χ1) is 8.25. The zero-order chi connectivity index (χ0) is 12.1. The van der Waals surface area contributed by atoms with E-state index in [1.165, 1.54) is 38.5 Å². The van der Waals surface area contributed by atoms with Crippen LogP contribution in [-0.4, -0.2) is 18.5 Å². The van der Waals surface area contributed by atoms with Gasteiger partial charge in [0, 0.05) is 12.5 Å². The first-order valence-corrected chi connectivity index (χ1v) is 7.27. The van der Waals surface area contributed by atoms with E-state index in [1.807, 2.05) is 0 Å². The Morgan fingerprint density at radius 2 is 1.94 bits per heavy atom. The van der Waals surface area contributed by atoms with Gasteiger partial charge >= 0.3 is 0 Å². The van der Waals surface area contributed by atoms with Gasteiger partial charge in [0.15, 0.2) is 0 Å². The summed E-state index contributed by atoms with van der Waals surface area (Å²) in [6.07, 6.45) is 11.1. The molecule has 2 aliphatic carbocycles. The average Bonchev–Trinajstić information content (AvgIpc) is 3.12. The largest absolute Gasteiger partial charge is 0.370 e. The van der Waals surface area contributed by atoms with Gasteiger partial charge in [-0.05, 0) is 56.9 Å². The van der Waals surface area contributed by atoms with E-state index in [1.54, 1.807) is 0 Å². The second-order valence-electron chi connectivity index (χ2n) is 5.84. The van der Waals surface area contributed by atoms with E-state index in [2.05, 4.69) is 5.32 Å². The molecule has 0 aromatic carbocycles. The van der Waals surface area contributed by atoms with E-state index in [4.69, 9.17) is 5.73 Å². The van der Waals surface area contributed by atoms with E-state index < -0.39 is 0 Å². The number of unbranched alkanes of at least 4 members (excludes halogenated alkanes) is 1. The van der Waals surface area contributed by atoms with Gasteiger partial charge in [-0.1, -0.05) is 12.8 Å². The van der Waals surface area contributed by atoms with Crippen molar-refractivity contribution in [2.75, 3.05) is 6.54 Å². The molecule has 2 aliphatic rings. The van der Waals surface area contributed by atoms with Crippen LogP contribution in [0.5, 0.6) is 0 Å². The van der Waals surface area contributed by atoms with Crippen LogP contribution >= 0.6 is 0 Å². The lowest BCUT2D eigenvalue weighted by molar-refractivity contribution is -0.118. The molecule has 0 spiro atoms. The summed E-state index contributed by atoms with van der Waals surface area (Å²) in [6, 6.07) is 0.739. The van der Waals surface area contributed by atoms with Gasteiger partial charge in [0.05, 0.1) is 0 Å². The second kappa shape index (κ2) is 6.39. The quantitative estimate of drug-likeness (QED) is 0.668. The van der Waals surface area contributed by atoms with Crippen molar-refractivity contribution in [3.05, 3.63) is 0 Å². The Balaban J connectivity index is 1.54. The molecule has 0 bridgehead atoms. The normalized spacial score (nSPS) is 29.2. The molecular weight excluding hydrogens is 212 g/mol. The van der Waals surface area contributed by atoms with E-state index in [-0.39, 0.29) is 5.91 Å². The molecule has 1 amide bonds. The van der Waals surface area contributed by atoms with E-state index in [0.717, 1.165) is 37.3 Å². The number of hydrogen-bond donors (Lipinski definition) is 2. The number of nitrogens with two attached hydrogens (primary N) is 1. The maximum atomic E-state index is 10.6. The van der Waals surface area contributed by atoms with Crippen LogP contribution in [0, 0.1) is 11.8 Å². The molecule has 0 radical (unpaired) electrons. The molecule has 2 fully saturated rings. The van der Waals surface area contributed by atoms with Crippen molar-refractivity contribution in [1.29, 1.82) is 0 Å². The van der Waals surface area contributed by atoms with Gasteiger partial charge in [0.1, 0.15) is 0 Å². The van der Waals surface area contributed by atoms with Crippen molar-refractivity contribution in [1.82, 2.24) is 5.32 Å². The standard InChI is InChI=1S/C14H26N2O/c15-14(17)6-1-2-9-16-13-5-3-4-12(10-13)11-7-8-11/h11-13,16H,1-10H2,(H2,15,17).